The fraction of sp³-hybridized carbons (Fsp3) is 0.250. The van der Waals surface area contributed by atoms with Gasteiger partial charge < -0.3 is 26.2 Å². The number of hydrogen-bond donors (Lipinski definition) is 3. The molecular formula is C24H24F3N7O2. The average molecular weight is 499 g/mol. The molecule has 0 spiro atoms. The Morgan fingerprint density at radius 3 is 2.50 bits per heavy atom. The summed E-state index contributed by atoms with van der Waals surface area (Å²) in [4.78, 5) is 36.5. The zero-order chi connectivity index (χ0) is 25.8. The van der Waals surface area contributed by atoms with Crippen LogP contribution < -0.4 is 21.3 Å². The van der Waals surface area contributed by atoms with E-state index in [1.54, 1.807) is 23.2 Å². The van der Waals surface area contributed by atoms with Crippen LogP contribution in [0, 0.1) is 17.5 Å². The zero-order valence-corrected chi connectivity index (χ0v) is 19.4. The molecule has 36 heavy (non-hydrogen) atoms. The first-order chi connectivity index (χ1) is 17.2. The number of hydrogen-bond acceptors (Lipinski definition) is 7. The van der Waals surface area contributed by atoms with E-state index in [-0.39, 0.29) is 23.0 Å². The Hall–Kier alpha value is -4.19. The number of nitrogens with zero attached hydrogens (tertiary/aromatic N) is 4. The van der Waals surface area contributed by atoms with Crippen LogP contribution in [-0.4, -0.2) is 53.4 Å². The third-order valence-electron chi connectivity index (χ3n) is 5.79. The Labute approximate surface area is 205 Å². The fourth-order valence-corrected chi connectivity index (χ4v) is 3.73. The molecule has 3 aromatic rings. The van der Waals surface area contributed by atoms with Crippen LogP contribution in [0.25, 0.3) is 0 Å². The molecule has 1 saturated heterocycles. The number of halogens is 3. The van der Waals surface area contributed by atoms with E-state index in [1.807, 2.05) is 7.05 Å². The number of anilines is 4. The quantitative estimate of drug-likeness (QED) is 0.428. The Morgan fingerprint density at radius 2 is 1.78 bits per heavy atom. The Bertz CT molecular complexity index is 1290. The molecule has 4 N–H and O–H groups in total. The Kier molecular flexibility index (Phi) is 7.34. The minimum absolute atomic E-state index is 0.0208. The molecule has 2 amide bonds. The number of likely N-dealkylation sites (N-methyl/N-ethyl adjacent to an activating group) is 1. The molecule has 0 bridgehead atoms. The van der Waals surface area contributed by atoms with Gasteiger partial charge in [0.05, 0.1) is 23.1 Å². The fourth-order valence-electron chi connectivity index (χ4n) is 3.73. The molecule has 1 aliphatic rings. The van der Waals surface area contributed by atoms with Gasteiger partial charge in [-0.15, -0.1) is 0 Å². The summed E-state index contributed by atoms with van der Waals surface area (Å²) in [5.74, 6) is -3.58. The third-order valence-corrected chi connectivity index (χ3v) is 5.79. The summed E-state index contributed by atoms with van der Waals surface area (Å²) in [5, 5.41) is 5.68. The van der Waals surface area contributed by atoms with Gasteiger partial charge >= 0.3 is 0 Å². The second-order valence-electron chi connectivity index (χ2n) is 8.28. The van der Waals surface area contributed by atoms with Crippen LogP contribution in [0.2, 0.25) is 0 Å². The monoisotopic (exact) mass is 499 g/mol. The number of primary amides is 1. The van der Waals surface area contributed by atoms with Gasteiger partial charge in [-0.05, 0) is 31.3 Å². The van der Waals surface area contributed by atoms with Gasteiger partial charge in [0.25, 0.3) is 5.91 Å². The molecule has 1 aliphatic heterocycles. The standard InChI is InChI=1S/C24H24F3N7O2/c1-33-7-6-22(35)34(9-8-33)14-2-5-20(30-11-14)32-21-10-19(16(13-31-21)24(28)36)29-12-15-17(25)3-4-18(26)23(15)27/h2-5,10-11,13H,6-9,12H2,1H3,(H2,28,36)(H2,29,30,31,32). The van der Waals surface area contributed by atoms with Crippen LogP contribution in [0.5, 0.6) is 0 Å². The second kappa shape index (κ2) is 10.6. The van der Waals surface area contributed by atoms with Crippen molar-refractivity contribution in [2.45, 2.75) is 13.0 Å². The Balaban J connectivity index is 1.51. The van der Waals surface area contributed by atoms with Gasteiger partial charge in [-0.25, -0.2) is 23.1 Å². The van der Waals surface area contributed by atoms with Crippen molar-refractivity contribution >= 4 is 34.8 Å². The highest BCUT2D eigenvalue weighted by Gasteiger charge is 2.21. The molecule has 0 atom stereocenters. The molecule has 9 nitrogen and oxygen atoms in total. The minimum atomic E-state index is -1.32. The average Bonchev–Trinajstić information content (AvgIpc) is 3.02. The van der Waals surface area contributed by atoms with Crippen molar-refractivity contribution in [2.24, 2.45) is 5.73 Å². The molecule has 4 rings (SSSR count). The number of benzene rings is 1. The predicted octanol–water partition coefficient (Wildman–Crippen LogP) is 3.02. The van der Waals surface area contributed by atoms with Crippen molar-refractivity contribution in [1.29, 1.82) is 0 Å². The van der Waals surface area contributed by atoms with Crippen LogP contribution in [-0.2, 0) is 11.3 Å². The highest BCUT2D eigenvalue weighted by Crippen LogP contribution is 2.24. The molecule has 0 aliphatic carbocycles. The zero-order valence-electron chi connectivity index (χ0n) is 19.4. The van der Waals surface area contributed by atoms with Crippen LogP contribution in [0.15, 0.2) is 42.7 Å². The van der Waals surface area contributed by atoms with E-state index >= 15 is 0 Å². The number of nitrogens with two attached hydrogens (primary N) is 1. The molecule has 1 aromatic carbocycles. The topological polar surface area (TPSA) is 116 Å². The van der Waals surface area contributed by atoms with Gasteiger partial charge in [-0.2, -0.15) is 0 Å². The van der Waals surface area contributed by atoms with Gasteiger partial charge in [-0.1, -0.05) is 0 Å². The van der Waals surface area contributed by atoms with Crippen molar-refractivity contribution in [1.82, 2.24) is 14.9 Å². The summed E-state index contributed by atoms with van der Waals surface area (Å²) in [6.07, 6.45) is 3.19. The maximum Gasteiger partial charge on any atom is 0.252 e. The maximum atomic E-state index is 14.0. The first-order valence-electron chi connectivity index (χ1n) is 11.1. The lowest BCUT2D eigenvalue weighted by Crippen LogP contribution is -2.32. The molecule has 12 heteroatoms. The van der Waals surface area contributed by atoms with Crippen molar-refractivity contribution in [3.05, 3.63) is 71.3 Å². The normalized spacial score (nSPS) is 14.4. The summed E-state index contributed by atoms with van der Waals surface area (Å²) < 4.78 is 41.5. The van der Waals surface area contributed by atoms with Gasteiger partial charge in [0, 0.05) is 50.4 Å². The molecule has 3 heterocycles. The van der Waals surface area contributed by atoms with E-state index < -0.39 is 35.5 Å². The second-order valence-corrected chi connectivity index (χ2v) is 8.28. The number of amides is 2. The highest BCUT2D eigenvalue weighted by molar-refractivity contribution is 5.98. The first kappa shape index (κ1) is 24.9. The van der Waals surface area contributed by atoms with E-state index in [0.717, 1.165) is 12.6 Å². The van der Waals surface area contributed by atoms with Crippen molar-refractivity contribution < 1.29 is 22.8 Å². The predicted molar refractivity (Wildman–Crippen MR) is 128 cm³/mol. The van der Waals surface area contributed by atoms with E-state index in [0.29, 0.717) is 37.1 Å². The maximum absolute atomic E-state index is 14.0. The lowest BCUT2D eigenvalue weighted by atomic mass is 10.1. The van der Waals surface area contributed by atoms with Gasteiger partial charge in [-0.3, -0.25) is 9.59 Å². The summed E-state index contributed by atoms with van der Waals surface area (Å²) >= 11 is 0. The molecule has 0 saturated carbocycles. The van der Waals surface area contributed by atoms with Crippen molar-refractivity contribution in [3.63, 3.8) is 0 Å². The van der Waals surface area contributed by atoms with E-state index in [9.17, 15) is 22.8 Å². The molecule has 2 aromatic heterocycles. The molecular weight excluding hydrogens is 475 g/mol. The number of pyridine rings is 2. The highest BCUT2D eigenvalue weighted by atomic mass is 19.2. The van der Waals surface area contributed by atoms with E-state index in [2.05, 4.69) is 25.5 Å². The van der Waals surface area contributed by atoms with Crippen molar-refractivity contribution in [3.8, 4) is 0 Å². The minimum Gasteiger partial charge on any atom is -0.380 e. The number of carbonyl (C=O) groups is 2. The smallest absolute Gasteiger partial charge is 0.252 e. The molecule has 1 fully saturated rings. The lowest BCUT2D eigenvalue weighted by molar-refractivity contribution is -0.118. The molecule has 0 unspecified atom stereocenters. The van der Waals surface area contributed by atoms with Gasteiger partial charge in [0.15, 0.2) is 11.6 Å². The number of nitrogens with one attached hydrogen (secondary N) is 2. The van der Waals surface area contributed by atoms with E-state index in [4.69, 9.17) is 5.73 Å². The Morgan fingerprint density at radius 1 is 1.03 bits per heavy atom. The van der Waals surface area contributed by atoms with E-state index in [1.165, 1.54) is 12.3 Å². The number of aromatic nitrogens is 2. The van der Waals surface area contributed by atoms with Crippen LogP contribution >= 0.6 is 0 Å². The van der Waals surface area contributed by atoms with Crippen LogP contribution in [0.3, 0.4) is 0 Å². The third kappa shape index (κ3) is 5.54. The summed E-state index contributed by atoms with van der Waals surface area (Å²) in [6, 6.07) is 6.35. The van der Waals surface area contributed by atoms with Crippen LogP contribution in [0.4, 0.5) is 36.2 Å². The molecule has 0 radical (unpaired) electrons. The summed E-state index contributed by atoms with van der Waals surface area (Å²) in [7, 11) is 1.97. The van der Waals surface area contributed by atoms with Crippen molar-refractivity contribution in [2.75, 3.05) is 42.2 Å². The van der Waals surface area contributed by atoms with Crippen LogP contribution in [0.1, 0.15) is 22.3 Å². The van der Waals surface area contributed by atoms with Gasteiger partial charge in [0.2, 0.25) is 5.91 Å². The SMILES string of the molecule is CN1CCC(=O)N(c2ccc(Nc3cc(NCc4c(F)ccc(F)c4F)c(C(N)=O)cn3)nc2)CC1. The lowest BCUT2D eigenvalue weighted by Gasteiger charge is -2.20. The first-order valence-corrected chi connectivity index (χ1v) is 11.1. The summed E-state index contributed by atoms with van der Waals surface area (Å²) in [5.41, 5.74) is 5.65. The van der Waals surface area contributed by atoms with Gasteiger partial charge in [0.1, 0.15) is 17.5 Å². The number of carbonyl (C=O) groups excluding carboxylic acids is 2. The number of rotatable bonds is 7. The largest absolute Gasteiger partial charge is 0.380 e. The molecule has 188 valence electrons. The summed E-state index contributed by atoms with van der Waals surface area (Å²) in [6.45, 7) is 1.57.